The molecule has 0 saturated carbocycles. The molecule has 0 atom stereocenters. The lowest BCUT2D eigenvalue weighted by atomic mass is 10.4. The SMILES string of the molecule is CCN(CC)C(=O)N1CCN(S(=O)(=O)c2cc(Cl)cc(Cl)c2)CC1. The van der Waals surface area contributed by atoms with Crippen molar-refractivity contribution in [2.45, 2.75) is 18.7 Å². The monoisotopic (exact) mass is 393 g/mol. The highest BCUT2D eigenvalue weighted by atomic mass is 35.5. The fourth-order valence-electron chi connectivity index (χ4n) is 2.64. The summed E-state index contributed by atoms with van der Waals surface area (Å²) < 4.78 is 26.8. The fourth-order valence-corrected chi connectivity index (χ4v) is 4.79. The zero-order valence-corrected chi connectivity index (χ0v) is 16.0. The van der Waals surface area contributed by atoms with Gasteiger partial charge in [0.15, 0.2) is 0 Å². The van der Waals surface area contributed by atoms with E-state index in [1.54, 1.807) is 9.80 Å². The van der Waals surface area contributed by atoms with Crippen molar-refractivity contribution >= 4 is 39.3 Å². The van der Waals surface area contributed by atoms with Crippen LogP contribution in [0.2, 0.25) is 10.0 Å². The molecular formula is C15H21Cl2N3O3S. The fraction of sp³-hybridized carbons (Fsp3) is 0.533. The maximum absolute atomic E-state index is 12.7. The van der Waals surface area contributed by atoms with E-state index in [1.807, 2.05) is 13.8 Å². The van der Waals surface area contributed by atoms with E-state index in [2.05, 4.69) is 0 Å². The minimum absolute atomic E-state index is 0.0529. The molecule has 1 aliphatic heterocycles. The molecule has 9 heteroatoms. The average Bonchev–Trinajstić information content (AvgIpc) is 2.55. The van der Waals surface area contributed by atoms with Gasteiger partial charge in [-0.1, -0.05) is 23.2 Å². The number of benzene rings is 1. The third kappa shape index (κ3) is 4.14. The molecule has 0 aromatic heterocycles. The molecule has 1 fully saturated rings. The van der Waals surface area contributed by atoms with Gasteiger partial charge in [0.1, 0.15) is 0 Å². The highest BCUT2D eigenvalue weighted by molar-refractivity contribution is 7.89. The van der Waals surface area contributed by atoms with Crippen LogP contribution < -0.4 is 0 Å². The van der Waals surface area contributed by atoms with Crippen LogP contribution in [0.3, 0.4) is 0 Å². The van der Waals surface area contributed by atoms with Crippen molar-refractivity contribution in [2.24, 2.45) is 0 Å². The molecule has 134 valence electrons. The predicted octanol–water partition coefficient (Wildman–Crippen LogP) is 2.76. The Hall–Kier alpha value is -1.02. The molecular weight excluding hydrogens is 373 g/mol. The molecule has 0 unspecified atom stereocenters. The molecule has 0 bridgehead atoms. The van der Waals surface area contributed by atoms with Crippen molar-refractivity contribution < 1.29 is 13.2 Å². The highest BCUT2D eigenvalue weighted by Crippen LogP contribution is 2.25. The number of amides is 2. The molecule has 1 aromatic rings. The molecule has 1 heterocycles. The lowest BCUT2D eigenvalue weighted by molar-refractivity contribution is 0.138. The van der Waals surface area contributed by atoms with Crippen molar-refractivity contribution in [1.29, 1.82) is 0 Å². The van der Waals surface area contributed by atoms with E-state index in [9.17, 15) is 13.2 Å². The summed E-state index contributed by atoms with van der Waals surface area (Å²) in [6, 6.07) is 4.21. The molecule has 2 rings (SSSR count). The van der Waals surface area contributed by atoms with Gasteiger partial charge in [-0.05, 0) is 32.0 Å². The zero-order chi connectivity index (χ0) is 17.9. The van der Waals surface area contributed by atoms with E-state index < -0.39 is 10.0 Å². The van der Waals surface area contributed by atoms with Crippen LogP contribution in [-0.2, 0) is 10.0 Å². The van der Waals surface area contributed by atoms with Gasteiger partial charge in [0.25, 0.3) is 0 Å². The van der Waals surface area contributed by atoms with Crippen molar-refractivity contribution in [1.82, 2.24) is 14.1 Å². The summed E-state index contributed by atoms with van der Waals surface area (Å²) in [6.07, 6.45) is 0. The molecule has 0 aliphatic carbocycles. The number of sulfonamides is 1. The number of urea groups is 1. The predicted molar refractivity (Wildman–Crippen MR) is 95.1 cm³/mol. The molecule has 2 amide bonds. The maximum atomic E-state index is 12.7. The summed E-state index contributed by atoms with van der Waals surface area (Å²) in [5, 5.41) is 0.549. The van der Waals surface area contributed by atoms with Crippen molar-refractivity contribution in [2.75, 3.05) is 39.3 Å². The van der Waals surface area contributed by atoms with Crippen LogP contribution >= 0.6 is 23.2 Å². The number of rotatable bonds is 4. The van der Waals surface area contributed by atoms with E-state index in [1.165, 1.54) is 22.5 Å². The Kier molecular flexibility index (Phi) is 6.36. The Labute approximate surface area is 153 Å². The standard InChI is InChI=1S/C15H21Cl2N3O3S/c1-3-18(4-2)15(21)19-5-7-20(8-6-19)24(22,23)14-10-12(16)9-13(17)11-14/h9-11H,3-8H2,1-2H3. The van der Waals surface area contributed by atoms with E-state index in [0.29, 0.717) is 26.2 Å². The molecule has 6 nitrogen and oxygen atoms in total. The number of carbonyl (C=O) groups excluding carboxylic acids is 1. The van der Waals surface area contributed by atoms with Crippen LogP contribution in [0.15, 0.2) is 23.1 Å². The van der Waals surface area contributed by atoms with Crippen LogP contribution in [0.25, 0.3) is 0 Å². The third-order valence-electron chi connectivity index (χ3n) is 4.02. The summed E-state index contributed by atoms with van der Waals surface area (Å²) in [4.78, 5) is 15.8. The highest BCUT2D eigenvalue weighted by Gasteiger charge is 2.31. The van der Waals surface area contributed by atoms with Crippen molar-refractivity contribution in [3.63, 3.8) is 0 Å². The van der Waals surface area contributed by atoms with Gasteiger partial charge in [0.05, 0.1) is 4.90 Å². The largest absolute Gasteiger partial charge is 0.325 e. The summed E-state index contributed by atoms with van der Waals surface area (Å²) in [6.45, 7) is 6.34. The number of nitrogens with zero attached hydrogens (tertiary/aromatic N) is 3. The molecule has 0 radical (unpaired) electrons. The van der Waals surface area contributed by atoms with Gasteiger partial charge in [0, 0.05) is 49.3 Å². The molecule has 1 aliphatic rings. The van der Waals surface area contributed by atoms with Gasteiger partial charge in [0.2, 0.25) is 10.0 Å². The minimum atomic E-state index is -3.67. The van der Waals surface area contributed by atoms with Gasteiger partial charge in [-0.25, -0.2) is 13.2 Å². The molecule has 0 spiro atoms. The number of piperazine rings is 1. The Bertz CT molecular complexity index is 680. The molecule has 1 aromatic carbocycles. The second-order valence-electron chi connectivity index (χ2n) is 5.45. The summed E-state index contributed by atoms with van der Waals surface area (Å²) in [5.41, 5.74) is 0. The second-order valence-corrected chi connectivity index (χ2v) is 8.26. The first kappa shape index (κ1) is 19.3. The topological polar surface area (TPSA) is 60.9 Å². The lowest BCUT2D eigenvalue weighted by Crippen LogP contribution is -2.53. The van der Waals surface area contributed by atoms with Crippen LogP contribution in [-0.4, -0.2) is 67.8 Å². The first-order valence-electron chi connectivity index (χ1n) is 7.79. The summed E-state index contributed by atoms with van der Waals surface area (Å²) in [7, 11) is -3.67. The second kappa shape index (κ2) is 7.91. The number of carbonyl (C=O) groups is 1. The number of halogens is 2. The van der Waals surface area contributed by atoms with Gasteiger partial charge >= 0.3 is 6.03 Å². The normalized spacial score (nSPS) is 16.2. The first-order chi connectivity index (χ1) is 11.3. The first-order valence-corrected chi connectivity index (χ1v) is 9.99. The van der Waals surface area contributed by atoms with Crippen molar-refractivity contribution in [3.8, 4) is 0 Å². The van der Waals surface area contributed by atoms with E-state index >= 15 is 0 Å². The quantitative estimate of drug-likeness (QED) is 0.789. The Morgan fingerprint density at radius 3 is 2.00 bits per heavy atom. The van der Waals surface area contributed by atoms with E-state index in [4.69, 9.17) is 23.2 Å². The van der Waals surface area contributed by atoms with E-state index in [0.717, 1.165) is 0 Å². The Morgan fingerprint density at radius 1 is 1.04 bits per heavy atom. The number of hydrogen-bond donors (Lipinski definition) is 0. The molecule has 1 saturated heterocycles. The van der Waals surface area contributed by atoms with Gasteiger partial charge in [-0.3, -0.25) is 0 Å². The molecule has 0 N–H and O–H groups in total. The summed E-state index contributed by atoms with van der Waals surface area (Å²) in [5.74, 6) is 0. The van der Waals surface area contributed by atoms with E-state index in [-0.39, 0.29) is 34.1 Å². The zero-order valence-electron chi connectivity index (χ0n) is 13.7. The van der Waals surface area contributed by atoms with Gasteiger partial charge < -0.3 is 9.80 Å². The van der Waals surface area contributed by atoms with Crippen LogP contribution in [0, 0.1) is 0 Å². The molecule has 24 heavy (non-hydrogen) atoms. The smallest absolute Gasteiger partial charge is 0.320 e. The van der Waals surface area contributed by atoms with Crippen LogP contribution in [0.4, 0.5) is 4.79 Å². The summed E-state index contributed by atoms with van der Waals surface area (Å²) >= 11 is 11.8. The third-order valence-corrected chi connectivity index (χ3v) is 6.33. The van der Waals surface area contributed by atoms with Gasteiger partial charge in [-0.2, -0.15) is 4.31 Å². The number of hydrogen-bond acceptors (Lipinski definition) is 3. The minimum Gasteiger partial charge on any atom is -0.325 e. The Balaban J connectivity index is 2.09. The van der Waals surface area contributed by atoms with Crippen molar-refractivity contribution in [3.05, 3.63) is 28.2 Å². The van der Waals surface area contributed by atoms with Crippen LogP contribution in [0.5, 0.6) is 0 Å². The Morgan fingerprint density at radius 2 is 1.54 bits per heavy atom. The lowest BCUT2D eigenvalue weighted by Gasteiger charge is -2.36. The van der Waals surface area contributed by atoms with Crippen LogP contribution in [0.1, 0.15) is 13.8 Å². The van der Waals surface area contributed by atoms with Gasteiger partial charge in [-0.15, -0.1) is 0 Å². The average molecular weight is 394 g/mol. The maximum Gasteiger partial charge on any atom is 0.320 e.